The maximum absolute atomic E-state index is 11.5. The van der Waals surface area contributed by atoms with Crippen LogP contribution in [0.15, 0.2) is 42.5 Å². The highest BCUT2D eigenvalue weighted by Gasteiger charge is 2.17. The number of thiazole rings is 1. The molecule has 1 N–H and O–H groups in total. The Morgan fingerprint density at radius 3 is 2.64 bits per heavy atom. The van der Waals surface area contributed by atoms with Crippen LogP contribution >= 0.6 is 11.3 Å². The van der Waals surface area contributed by atoms with Crippen LogP contribution in [-0.4, -0.2) is 21.0 Å². The molecule has 144 valence electrons. The van der Waals surface area contributed by atoms with Gasteiger partial charge in [-0.05, 0) is 41.7 Å². The molecule has 0 amide bonds. The second-order valence-electron chi connectivity index (χ2n) is 6.78. The predicted octanol–water partition coefficient (Wildman–Crippen LogP) is 5.73. The lowest BCUT2D eigenvalue weighted by atomic mass is 9.98. The molecule has 0 aliphatic heterocycles. The number of hydrogen-bond acceptors (Lipinski definition) is 5. The first kappa shape index (κ1) is 19.7. The number of carboxylic acids is 1. The minimum Gasteiger partial charge on any atom is -0.481 e. The number of para-hydroxylation sites is 1. The van der Waals surface area contributed by atoms with E-state index >= 15 is 0 Å². The molecule has 1 heterocycles. The highest BCUT2D eigenvalue weighted by atomic mass is 32.1. The molecule has 7 heteroatoms. The molecule has 0 saturated heterocycles. The van der Waals surface area contributed by atoms with Crippen molar-refractivity contribution >= 4 is 44.9 Å². The Hall–Kier alpha value is -3.06. The second kappa shape index (κ2) is 8.31. The molecule has 6 nitrogen and oxygen atoms in total. The number of aromatic nitrogens is 1. The Balaban J connectivity index is 2.07. The molecule has 0 radical (unpaired) electrons. The number of carbonyl (C=O) groups is 1. The third-order valence-corrected chi connectivity index (χ3v) is 5.50. The third-order valence-electron chi connectivity index (χ3n) is 4.39. The molecule has 0 spiro atoms. The molecule has 3 aromatic rings. The zero-order valence-corrected chi connectivity index (χ0v) is 16.4. The van der Waals surface area contributed by atoms with Crippen LogP contribution in [0.1, 0.15) is 48.7 Å². The Kier molecular flexibility index (Phi) is 5.84. The van der Waals surface area contributed by atoms with Crippen LogP contribution in [0.3, 0.4) is 0 Å². The van der Waals surface area contributed by atoms with Crippen molar-refractivity contribution in [2.24, 2.45) is 0 Å². The van der Waals surface area contributed by atoms with Crippen molar-refractivity contribution in [1.82, 2.24) is 4.98 Å². The summed E-state index contributed by atoms with van der Waals surface area (Å²) in [4.78, 5) is 26.8. The smallest absolute Gasteiger partial charge is 0.303 e. The maximum Gasteiger partial charge on any atom is 0.303 e. The number of rotatable bonds is 7. The summed E-state index contributed by atoms with van der Waals surface area (Å²) in [6, 6.07) is 12.8. The number of aliphatic carboxylic acids is 1. The fourth-order valence-electron chi connectivity index (χ4n) is 2.99. The van der Waals surface area contributed by atoms with E-state index in [1.54, 1.807) is 18.2 Å². The molecule has 0 fully saturated rings. The summed E-state index contributed by atoms with van der Waals surface area (Å²) in [7, 11) is 0. The fourth-order valence-corrected chi connectivity index (χ4v) is 4.00. The Bertz CT molecular complexity index is 1040. The topological polar surface area (TPSA) is 93.3 Å². The van der Waals surface area contributed by atoms with E-state index in [1.165, 1.54) is 11.3 Å². The van der Waals surface area contributed by atoms with E-state index < -0.39 is 5.97 Å². The van der Waals surface area contributed by atoms with E-state index in [4.69, 9.17) is 5.11 Å². The number of hydrogen-bond donors (Lipinski definition) is 1. The number of nitro benzene ring substituents is 1. The van der Waals surface area contributed by atoms with E-state index in [0.717, 1.165) is 20.8 Å². The lowest BCUT2D eigenvalue weighted by molar-refractivity contribution is -0.385. The van der Waals surface area contributed by atoms with Crippen molar-refractivity contribution in [2.45, 2.75) is 32.6 Å². The van der Waals surface area contributed by atoms with Gasteiger partial charge in [-0.15, -0.1) is 11.3 Å². The molecule has 2 aromatic carbocycles. The molecule has 0 unspecified atom stereocenters. The quantitative estimate of drug-likeness (QED) is 0.406. The molecule has 0 aliphatic carbocycles. The van der Waals surface area contributed by atoms with Gasteiger partial charge in [0.25, 0.3) is 5.69 Å². The predicted molar refractivity (Wildman–Crippen MR) is 112 cm³/mol. The van der Waals surface area contributed by atoms with E-state index in [2.05, 4.69) is 4.98 Å². The first-order valence-electron chi connectivity index (χ1n) is 8.92. The number of nitro groups is 1. The molecular weight excluding hydrogens is 376 g/mol. The number of allylic oxidation sites excluding steroid dienone is 1. The van der Waals surface area contributed by atoms with Gasteiger partial charge in [0.1, 0.15) is 5.01 Å². The molecule has 0 saturated carbocycles. The van der Waals surface area contributed by atoms with E-state index in [0.29, 0.717) is 17.5 Å². The number of fused-ring (bicyclic) bond motifs is 1. The average Bonchev–Trinajstić information content (AvgIpc) is 3.08. The van der Waals surface area contributed by atoms with Crippen LogP contribution in [0.5, 0.6) is 0 Å². The number of carboxylic acid groups (broad SMARTS) is 1. The first-order chi connectivity index (χ1) is 13.3. The van der Waals surface area contributed by atoms with Crippen LogP contribution in [0, 0.1) is 10.1 Å². The standard InChI is InChI=1S/C21H20N2O4S/c1-13(2)16-9-7-14(12-18(16)23(26)27)11-15(8-10-20(24)25)21-22-17-5-3-4-6-19(17)28-21/h3-7,9,11-13H,8,10H2,1-2H3,(H,24,25)/b15-11+. The minimum absolute atomic E-state index is 0.0338. The van der Waals surface area contributed by atoms with Crippen molar-refractivity contribution in [3.63, 3.8) is 0 Å². The van der Waals surface area contributed by atoms with Gasteiger partial charge < -0.3 is 5.11 Å². The van der Waals surface area contributed by atoms with Crippen molar-refractivity contribution in [3.05, 3.63) is 68.7 Å². The first-order valence-corrected chi connectivity index (χ1v) is 9.73. The maximum atomic E-state index is 11.5. The summed E-state index contributed by atoms with van der Waals surface area (Å²) in [5.74, 6) is -0.859. The van der Waals surface area contributed by atoms with Gasteiger partial charge in [0, 0.05) is 18.1 Å². The summed E-state index contributed by atoms with van der Waals surface area (Å²) in [5.41, 5.74) is 3.02. The Labute approximate surface area is 166 Å². The van der Waals surface area contributed by atoms with E-state index in [-0.39, 0.29) is 22.9 Å². The lowest BCUT2D eigenvalue weighted by Crippen LogP contribution is -1.98. The van der Waals surface area contributed by atoms with Gasteiger partial charge in [-0.2, -0.15) is 0 Å². The molecule has 1 aromatic heterocycles. The van der Waals surface area contributed by atoms with Crippen LogP contribution in [0.2, 0.25) is 0 Å². The summed E-state index contributed by atoms with van der Waals surface area (Å²) in [6.45, 7) is 3.83. The summed E-state index contributed by atoms with van der Waals surface area (Å²) < 4.78 is 1.01. The molecule has 0 atom stereocenters. The van der Waals surface area contributed by atoms with Gasteiger partial charge in [-0.3, -0.25) is 14.9 Å². The minimum atomic E-state index is -0.895. The highest BCUT2D eigenvalue weighted by Crippen LogP contribution is 2.33. The van der Waals surface area contributed by atoms with Crippen LogP contribution in [-0.2, 0) is 4.79 Å². The van der Waals surface area contributed by atoms with Crippen LogP contribution in [0.25, 0.3) is 21.9 Å². The molecule has 0 bridgehead atoms. The molecule has 0 aliphatic rings. The van der Waals surface area contributed by atoms with Gasteiger partial charge in [0.15, 0.2) is 0 Å². The van der Waals surface area contributed by atoms with Gasteiger partial charge in [-0.25, -0.2) is 4.98 Å². The Morgan fingerprint density at radius 2 is 2.00 bits per heavy atom. The van der Waals surface area contributed by atoms with Crippen molar-refractivity contribution < 1.29 is 14.8 Å². The van der Waals surface area contributed by atoms with Gasteiger partial charge in [0.2, 0.25) is 0 Å². The highest BCUT2D eigenvalue weighted by molar-refractivity contribution is 7.19. The number of benzene rings is 2. The summed E-state index contributed by atoms with van der Waals surface area (Å²) >= 11 is 1.49. The molecule has 3 rings (SSSR count). The van der Waals surface area contributed by atoms with Crippen LogP contribution < -0.4 is 0 Å². The van der Waals surface area contributed by atoms with Gasteiger partial charge in [0.05, 0.1) is 15.1 Å². The monoisotopic (exact) mass is 396 g/mol. The zero-order chi connectivity index (χ0) is 20.3. The molecule has 28 heavy (non-hydrogen) atoms. The number of nitrogens with zero attached hydrogens (tertiary/aromatic N) is 2. The Morgan fingerprint density at radius 1 is 1.25 bits per heavy atom. The lowest BCUT2D eigenvalue weighted by Gasteiger charge is -2.08. The van der Waals surface area contributed by atoms with Gasteiger partial charge in [-0.1, -0.05) is 38.1 Å². The summed E-state index contributed by atoms with van der Waals surface area (Å²) in [6.07, 6.45) is 2.07. The van der Waals surface area contributed by atoms with Gasteiger partial charge >= 0.3 is 5.97 Å². The fraction of sp³-hybridized carbons (Fsp3) is 0.238. The van der Waals surface area contributed by atoms with Crippen LogP contribution in [0.4, 0.5) is 5.69 Å². The SMILES string of the molecule is CC(C)c1ccc(/C=C(\CCC(=O)O)c2nc3ccccc3s2)cc1[N+](=O)[O-]. The van der Waals surface area contributed by atoms with E-state index in [9.17, 15) is 14.9 Å². The molecular formula is C21H20N2O4S. The van der Waals surface area contributed by atoms with Crippen molar-refractivity contribution in [2.75, 3.05) is 0 Å². The van der Waals surface area contributed by atoms with E-state index in [1.807, 2.05) is 44.2 Å². The normalized spacial score (nSPS) is 11.9. The summed E-state index contributed by atoms with van der Waals surface area (Å²) in [5, 5.41) is 21.3. The van der Waals surface area contributed by atoms with Crippen molar-refractivity contribution in [3.8, 4) is 0 Å². The zero-order valence-electron chi connectivity index (χ0n) is 15.6. The third kappa shape index (κ3) is 4.43. The largest absolute Gasteiger partial charge is 0.481 e. The van der Waals surface area contributed by atoms with Crippen molar-refractivity contribution in [1.29, 1.82) is 0 Å². The average molecular weight is 396 g/mol. The second-order valence-corrected chi connectivity index (χ2v) is 7.81.